The van der Waals surface area contributed by atoms with Crippen molar-refractivity contribution < 1.29 is 19.2 Å². The summed E-state index contributed by atoms with van der Waals surface area (Å²) in [5.74, 6) is -1.62. The molecule has 1 aliphatic carbocycles. The average molecular weight is 461 g/mol. The molecule has 33 heavy (non-hydrogen) atoms. The number of amides is 3. The van der Waals surface area contributed by atoms with Gasteiger partial charge in [0.05, 0.1) is 12.1 Å². The van der Waals surface area contributed by atoms with E-state index in [1.165, 1.54) is 0 Å². The molecule has 0 radical (unpaired) electrons. The zero-order chi connectivity index (χ0) is 23.8. The lowest BCUT2D eigenvalue weighted by molar-refractivity contribution is -0.143. The lowest BCUT2D eigenvalue weighted by atomic mass is 9.96. The molecule has 2 aliphatic heterocycles. The number of rotatable bonds is 5. The van der Waals surface area contributed by atoms with E-state index >= 15 is 0 Å². The van der Waals surface area contributed by atoms with Gasteiger partial charge in [-0.05, 0) is 38.0 Å². The molecular formula is C25H40N4O4. The predicted molar refractivity (Wildman–Crippen MR) is 126 cm³/mol. The van der Waals surface area contributed by atoms with E-state index in [1.54, 1.807) is 11.0 Å². The highest BCUT2D eigenvalue weighted by Gasteiger charge is 2.43. The molecule has 3 aliphatic rings. The molecule has 2 heterocycles. The summed E-state index contributed by atoms with van der Waals surface area (Å²) in [6, 6.07) is -2.28. The Bertz CT molecular complexity index is 736. The third-order valence-electron chi connectivity index (χ3n) is 7.23. The van der Waals surface area contributed by atoms with Gasteiger partial charge in [-0.2, -0.15) is 0 Å². The lowest BCUT2D eigenvalue weighted by Gasteiger charge is -2.30. The molecule has 0 unspecified atom stereocenters. The normalized spacial score (nSPS) is 30.3. The largest absolute Gasteiger partial charge is 0.349 e. The van der Waals surface area contributed by atoms with E-state index in [2.05, 4.69) is 17.2 Å². The highest BCUT2D eigenvalue weighted by Crippen LogP contribution is 2.28. The summed E-state index contributed by atoms with van der Waals surface area (Å²) >= 11 is 0. The fourth-order valence-corrected chi connectivity index (χ4v) is 4.91. The van der Waals surface area contributed by atoms with Crippen LogP contribution in [0, 0.1) is 11.8 Å². The second kappa shape index (κ2) is 12.3. The van der Waals surface area contributed by atoms with Crippen LogP contribution in [0.3, 0.4) is 0 Å². The molecule has 2 saturated heterocycles. The van der Waals surface area contributed by atoms with Crippen molar-refractivity contribution in [3.8, 4) is 0 Å². The van der Waals surface area contributed by atoms with Gasteiger partial charge in [-0.25, -0.2) is 0 Å². The summed E-state index contributed by atoms with van der Waals surface area (Å²) in [5.41, 5.74) is 6.19. The van der Waals surface area contributed by atoms with Gasteiger partial charge in [0.1, 0.15) is 6.04 Å². The second-order valence-corrected chi connectivity index (χ2v) is 9.90. The number of hydrogen-bond acceptors (Lipinski definition) is 5. The molecule has 4 N–H and O–H groups in total. The first-order valence-electron chi connectivity index (χ1n) is 12.7. The average Bonchev–Trinajstić information content (AvgIpc) is 3.54. The van der Waals surface area contributed by atoms with Crippen molar-refractivity contribution in [1.29, 1.82) is 0 Å². The maximum absolute atomic E-state index is 13.3. The molecule has 0 aromatic rings. The monoisotopic (exact) mass is 460 g/mol. The molecule has 3 fully saturated rings. The molecule has 184 valence electrons. The van der Waals surface area contributed by atoms with Gasteiger partial charge in [-0.1, -0.05) is 51.0 Å². The van der Waals surface area contributed by atoms with Crippen LogP contribution >= 0.6 is 0 Å². The number of ketones is 1. The Labute approximate surface area is 197 Å². The van der Waals surface area contributed by atoms with Crippen molar-refractivity contribution in [2.75, 3.05) is 13.1 Å². The van der Waals surface area contributed by atoms with Gasteiger partial charge < -0.3 is 21.3 Å². The van der Waals surface area contributed by atoms with E-state index in [0.29, 0.717) is 38.3 Å². The molecule has 0 spiro atoms. The van der Waals surface area contributed by atoms with Gasteiger partial charge in [0.2, 0.25) is 17.6 Å². The summed E-state index contributed by atoms with van der Waals surface area (Å²) in [4.78, 5) is 53.4. The molecular weight excluding hydrogens is 420 g/mol. The number of carbonyl (C=O) groups excluding carboxylic acids is 4. The van der Waals surface area contributed by atoms with Gasteiger partial charge in [0, 0.05) is 19.0 Å². The number of hydrogen-bond donors (Lipinski definition) is 3. The number of nitrogens with zero attached hydrogens (tertiary/aromatic N) is 1. The van der Waals surface area contributed by atoms with Crippen LogP contribution in [0.2, 0.25) is 0 Å². The van der Waals surface area contributed by atoms with Crippen molar-refractivity contribution in [3.05, 3.63) is 12.7 Å². The quantitative estimate of drug-likeness (QED) is 0.427. The van der Waals surface area contributed by atoms with Crippen LogP contribution in [0.5, 0.6) is 0 Å². The predicted octanol–water partition coefficient (Wildman–Crippen LogP) is 1.82. The first-order valence-corrected chi connectivity index (χ1v) is 12.7. The van der Waals surface area contributed by atoms with Gasteiger partial charge >= 0.3 is 0 Å². The summed E-state index contributed by atoms with van der Waals surface area (Å²) in [6.45, 7) is 4.78. The first kappa shape index (κ1) is 25.4. The third-order valence-corrected chi connectivity index (χ3v) is 7.23. The number of carbonyl (C=O) groups is 4. The van der Waals surface area contributed by atoms with E-state index < -0.39 is 35.7 Å². The van der Waals surface area contributed by atoms with Crippen LogP contribution in [0.4, 0.5) is 0 Å². The van der Waals surface area contributed by atoms with Crippen molar-refractivity contribution in [2.24, 2.45) is 17.6 Å². The maximum atomic E-state index is 13.3. The van der Waals surface area contributed by atoms with Gasteiger partial charge in [-0.3, -0.25) is 19.2 Å². The zero-order valence-corrected chi connectivity index (χ0v) is 19.7. The van der Waals surface area contributed by atoms with Crippen LogP contribution in [0.25, 0.3) is 0 Å². The summed E-state index contributed by atoms with van der Waals surface area (Å²) in [7, 11) is 0. The molecule has 0 aromatic heterocycles. The summed E-state index contributed by atoms with van der Waals surface area (Å²) in [6.07, 6.45) is 12.4. The smallest absolute Gasteiger partial charge is 0.289 e. The van der Waals surface area contributed by atoms with Crippen molar-refractivity contribution in [1.82, 2.24) is 15.5 Å². The van der Waals surface area contributed by atoms with Crippen LogP contribution in [0.15, 0.2) is 12.7 Å². The van der Waals surface area contributed by atoms with Crippen LogP contribution < -0.4 is 16.4 Å². The minimum absolute atomic E-state index is 0.209. The number of Topliss-reactive ketones (excluding diaryl/α,β-unsaturated/α-hetero) is 1. The Balaban J connectivity index is 1.75. The number of fused-ring (bicyclic) bond motifs is 1. The topological polar surface area (TPSA) is 122 Å². The van der Waals surface area contributed by atoms with E-state index in [-0.39, 0.29) is 11.8 Å². The van der Waals surface area contributed by atoms with Gasteiger partial charge in [-0.15, -0.1) is 6.58 Å². The summed E-state index contributed by atoms with van der Waals surface area (Å²) < 4.78 is 0. The Morgan fingerprint density at radius 3 is 2.27 bits per heavy atom. The Morgan fingerprint density at radius 2 is 1.64 bits per heavy atom. The molecule has 3 rings (SSSR count). The SMILES string of the molecule is C=C[C@H]1CCN2C(=O)[C@@H](N)CCCCCCCCC[C@@H](C(=O)C(=O)NCC3CC3)NC(=O)[C@H]12. The second-order valence-electron chi connectivity index (χ2n) is 9.90. The molecule has 0 aromatic carbocycles. The molecule has 0 bridgehead atoms. The molecule has 8 heteroatoms. The van der Waals surface area contributed by atoms with Crippen LogP contribution in [0.1, 0.15) is 77.0 Å². The maximum Gasteiger partial charge on any atom is 0.289 e. The molecule has 8 nitrogen and oxygen atoms in total. The van der Waals surface area contributed by atoms with Crippen molar-refractivity contribution >= 4 is 23.5 Å². The van der Waals surface area contributed by atoms with Crippen molar-refractivity contribution in [2.45, 2.75) is 95.2 Å². The number of nitrogens with one attached hydrogen (secondary N) is 2. The fourth-order valence-electron chi connectivity index (χ4n) is 4.91. The minimum atomic E-state index is -0.888. The lowest BCUT2D eigenvalue weighted by Crippen LogP contribution is -2.56. The zero-order valence-electron chi connectivity index (χ0n) is 19.7. The van der Waals surface area contributed by atoms with Gasteiger partial charge in [0.15, 0.2) is 0 Å². The highest BCUT2D eigenvalue weighted by molar-refractivity contribution is 6.38. The Morgan fingerprint density at radius 1 is 1.00 bits per heavy atom. The van der Waals surface area contributed by atoms with Crippen molar-refractivity contribution in [3.63, 3.8) is 0 Å². The standard InChI is InChI=1S/C25H40N4O4/c1-2-18-14-15-29-21(18)23(31)28-20(22(30)24(32)27-16-17-12-13-17)11-9-7-5-3-4-6-8-10-19(26)25(29)33/h2,17-21H,1,3-16,26H2,(H,27,32)(H,28,31)/t18-,19-,20-,21-/m0/s1. The van der Waals surface area contributed by atoms with E-state index in [9.17, 15) is 19.2 Å². The van der Waals surface area contributed by atoms with E-state index in [0.717, 1.165) is 57.8 Å². The first-order chi connectivity index (χ1) is 15.9. The van der Waals surface area contributed by atoms with Crippen LogP contribution in [-0.2, 0) is 19.2 Å². The third kappa shape index (κ3) is 7.13. The fraction of sp³-hybridized carbons (Fsp3) is 0.760. The van der Waals surface area contributed by atoms with E-state index in [1.807, 2.05) is 0 Å². The molecule has 3 amide bonds. The van der Waals surface area contributed by atoms with Crippen LogP contribution in [-0.4, -0.2) is 59.6 Å². The highest BCUT2D eigenvalue weighted by atomic mass is 16.2. The number of nitrogens with two attached hydrogens (primary N) is 1. The van der Waals surface area contributed by atoms with E-state index in [4.69, 9.17) is 5.73 Å². The minimum Gasteiger partial charge on any atom is -0.349 e. The summed E-state index contributed by atoms with van der Waals surface area (Å²) in [5, 5.41) is 5.54. The molecule has 4 atom stereocenters. The van der Waals surface area contributed by atoms with Gasteiger partial charge in [0.25, 0.3) is 5.91 Å². The Kier molecular flexibility index (Phi) is 9.47. The molecule has 1 saturated carbocycles. The Hall–Kier alpha value is -2.22.